The van der Waals surface area contributed by atoms with Crippen LogP contribution in [0.3, 0.4) is 0 Å². The normalized spacial score (nSPS) is 20.1. The Balaban J connectivity index is 2.30. The zero-order valence-corrected chi connectivity index (χ0v) is 10.3. The fourth-order valence-corrected chi connectivity index (χ4v) is 2.41. The minimum absolute atomic E-state index is 0.410. The number of rotatable bonds is 5. The van der Waals surface area contributed by atoms with Crippen LogP contribution in [-0.2, 0) is 0 Å². The summed E-state index contributed by atoms with van der Waals surface area (Å²) >= 11 is 0. The van der Waals surface area contributed by atoms with Crippen LogP contribution in [0.5, 0.6) is 0 Å². The molecule has 2 N–H and O–H groups in total. The fraction of sp³-hybridized carbons (Fsp3) is 1.00. The molecule has 14 heavy (non-hydrogen) atoms. The van der Waals surface area contributed by atoms with Crippen LogP contribution in [0.15, 0.2) is 0 Å². The summed E-state index contributed by atoms with van der Waals surface area (Å²) in [6.45, 7) is 10.2. The van der Waals surface area contributed by atoms with Gasteiger partial charge in [-0.3, -0.25) is 0 Å². The van der Waals surface area contributed by atoms with Crippen LogP contribution in [-0.4, -0.2) is 31.6 Å². The molecule has 2 heteroatoms. The molecule has 0 aromatic carbocycles. The Bertz CT molecular complexity index is 177. The van der Waals surface area contributed by atoms with E-state index in [2.05, 4.69) is 32.7 Å². The van der Waals surface area contributed by atoms with Crippen molar-refractivity contribution in [1.29, 1.82) is 0 Å². The molecule has 1 saturated carbocycles. The van der Waals surface area contributed by atoms with Gasteiger partial charge in [0.1, 0.15) is 0 Å². The average Bonchev–Trinajstić information content (AvgIpc) is 2.64. The van der Waals surface area contributed by atoms with Crippen molar-refractivity contribution in [3.05, 3.63) is 0 Å². The molecule has 0 bridgehead atoms. The Morgan fingerprint density at radius 2 is 1.86 bits per heavy atom. The van der Waals surface area contributed by atoms with Crippen molar-refractivity contribution in [2.75, 3.05) is 26.7 Å². The molecule has 0 amide bonds. The number of nitrogens with zero attached hydrogens (tertiary/aromatic N) is 1. The van der Waals surface area contributed by atoms with Gasteiger partial charge in [0.05, 0.1) is 0 Å². The maximum atomic E-state index is 5.64. The topological polar surface area (TPSA) is 29.3 Å². The van der Waals surface area contributed by atoms with E-state index in [0.717, 1.165) is 6.54 Å². The van der Waals surface area contributed by atoms with Crippen LogP contribution in [0.2, 0.25) is 0 Å². The molecule has 0 heterocycles. The van der Waals surface area contributed by atoms with Crippen LogP contribution >= 0.6 is 0 Å². The summed E-state index contributed by atoms with van der Waals surface area (Å²) in [6, 6.07) is 0. The summed E-state index contributed by atoms with van der Waals surface area (Å²) in [4.78, 5) is 2.47. The molecule has 0 aromatic rings. The van der Waals surface area contributed by atoms with Crippen LogP contribution < -0.4 is 5.73 Å². The zero-order valence-electron chi connectivity index (χ0n) is 10.3. The Morgan fingerprint density at radius 1 is 1.29 bits per heavy atom. The quantitative estimate of drug-likeness (QED) is 0.733. The molecule has 0 saturated heterocycles. The van der Waals surface area contributed by atoms with Crippen molar-refractivity contribution in [2.24, 2.45) is 16.6 Å². The third-order valence-corrected chi connectivity index (χ3v) is 2.98. The van der Waals surface area contributed by atoms with Crippen molar-refractivity contribution in [3.63, 3.8) is 0 Å². The fourth-order valence-electron chi connectivity index (χ4n) is 2.41. The second kappa shape index (κ2) is 4.19. The van der Waals surface area contributed by atoms with Gasteiger partial charge >= 0.3 is 0 Å². The van der Waals surface area contributed by atoms with Crippen molar-refractivity contribution in [1.82, 2.24) is 4.90 Å². The van der Waals surface area contributed by atoms with E-state index in [0.29, 0.717) is 10.8 Å². The van der Waals surface area contributed by atoms with E-state index in [9.17, 15) is 0 Å². The van der Waals surface area contributed by atoms with Gasteiger partial charge in [0.2, 0.25) is 0 Å². The first kappa shape index (κ1) is 12.0. The lowest BCUT2D eigenvalue weighted by Gasteiger charge is -2.29. The molecule has 0 atom stereocenters. The minimum Gasteiger partial charge on any atom is -0.330 e. The van der Waals surface area contributed by atoms with E-state index >= 15 is 0 Å². The lowest BCUT2D eigenvalue weighted by molar-refractivity contribution is 0.188. The highest BCUT2D eigenvalue weighted by Crippen LogP contribution is 2.48. The standard InChI is InChI=1S/C12H26N2/c1-11(2,3)9-14(4)10-12(5-6-12)7-8-13/h5-10,13H2,1-4H3. The van der Waals surface area contributed by atoms with E-state index in [1.54, 1.807) is 0 Å². The van der Waals surface area contributed by atoms with Crippen LogP contribution in [0, 0.1) is 10.8 Å². The first-order chi connectivity index (χ1) is 6.37. The van der Waals surface area contributed by atoms with Crippen LogP contribution in [0.25, 0.3) is 0 Å². The van der Waals surface area contributed by atoms with E-state index in [1.807, 2.05) is 0 Å². The van der Waals surface area contributed by atoms with Crippen molar-refractivity contribution in [2.45, 2.75) is 40.0 Å². The Kier molecular flexibility index (Phi) is 3.59. The molecule has 0 spiro atoms. The molecule has 1 aliphatic rings. The molecular weight excluding hydrogens is 172 g/mol. The van der Waals surface area contributed by atoms with Crippen LogP contribution in [0.4, 0.5) is 0 Å². The van der Waals surface area contributed by atoms with Gasteiger partial charge < -0.3 is 10.6 Å². The summed E-state index contributed by atoms with van der Waals surface area (Å²) in [5.41, 5.74) is 6.64. The predicted octanol–water partition coefficient (Wildman–Crippen LogP) is 2.09. The number of nitrogens with two attached hydrogens (primary N) is 1. The summed E-state index contributed by atoms with van der Waals surface area (Å²) in [5.74, 6) is 0. The first-order valence-electron chi connectivity index (χ1n) is 5.76. The molecule has 0 unspecified atom stereocenters. The molecule has 1 fully saturated rings. The third kappa shape index (κ3) is 3.97. The largest absolute Gasteiger partial charge is 0.330 e. The van der Waals surface area contributed by atoms with Gasteiger partial charge in [-0.25, -0.2) is 0 Å². The smallest absolute Gasteiger partial charge is 0.00356 e. The lowest BCUT2D eigenvalue weighted by atomic mass is 9.95. The zero-order chi connectivity index (χ0) is 10.8. The molecule has 0 aromatic heterocycles. The Labute approximate surface area is 88.8 Å². The van der Waals surface area contributed by atoms with Crippen molar-refractivity contribution in [3.8, 4) is 0 Å². The third-order valence-electron chi connectivity index (χ3n) is 2.98. The summed E-state index contributed by atoms with van der Waals surface area (Å²) in [6.07, 6.45) is 3.98. The molecule has 0 aliphatic heterocycles. The van der Waals surface area contributed by atoms with E-state index in [1.165, 1.54) is 32.4 Å². The van der Waals surface area contributed by atoms with Gasteiger partial charge in [0.15, 0.2) is 0 Å². The maximum Gasteiger partial charge on any atom is 0.00356 e. The molecule has 84 valence electrons. The molecule has 1 rings (SSSR count). The number of hydrogen-bond acceptors (Lipinski definition) is 2. The lowest BCUT2D eigenvalue weighted by Crippen LogP contribution is -2.34. The van der Waals surface area contributed by atoms with E-state index in [-0.39, 0.29) is 0 Å². The van der Waals surface area contributed by atoms with Crippen LogP contribution in [0.1, 0.15) is 40.0 Å². The highest BCUT2D eigenvalue weighted by Gasteiger charge is 2.42. The summed E-state index contributed by atoms with van der Waals surface area (Å²) in [7, 11) is 2.24. The summed E-state index contributed by atoms with van der Waals surface area (Å²) in [5, 5.41) is 0. The van der Waals surface area contributed by atoms with E-state index in [4.69, 9.17) is 5.73 Å². The van der Waals surface area contributed by atoms with Gasteiger partial charge in [-0.15, -0.1) is 0 Å². The second-order valence-corrected chi connectivity index (χ2v) is 6.27. The molecule has 0 radical (unpaired) electrons. The van der Waals surface area contributed by atoms with Gasteiger partial charge in [-0.1, -0.05) is 20.8 Å². The molecular formula is C12H26N2. The minimum atomic E-state index is 0.410. The molecule has 1 aliphatic carbocycles. The Hall–Kier alpha value is -0.0800. The molecule has 2 nitrogen and oxygen atoms in total. The van der Waals surface area contributed by atoms with Crippen molar-refractivity contribution >= 4 is 0 Å². The second-order valence-electron chi connectivity index (χ2n) is 6.27. The maximum absolute atomic E-state index is 5.64. The monoisotopic (exact) mass is 198 g/mol. The first-order valence-corrected chi connectivity index (χ1v) is 5.76. The van der Waals surface area contributed by atoms with E-state index < -0.39 is 0 Å². The average molecular weight is 198 g/mol. The highest BCUT2D eigenvalue weighted by molar-refractivity contribution is 4.95. The summed E-state index contributed by atoms with van der Waals surface area (Å²) < 4.78 is 0. The van der Waals surface area contributed by atoms with Crippen molar-refractivity contribution < 1.29 is 0 Å². The van der Waals surface area contributed by atoms with Gasteiger partial charge in [-0.05, 0) is 43.7 Å². The van der Waals surface area contributed by atoms with Gasteiger partial charge in [-0.2, -0.15) is 0 Å². The highest BCUT2D eigenvalue weighted by atomic mass is 15.1. The SMILES string of the molecule is CN(CC(C)(C)C)CC1(CCN)CC1. The number of hydrogen-bond donors (Lipinski definition) is 1. The van der Waals surface area contributed by atoms with Gasteiger partial charge in [0.25, 0.3) is 0 Å². The Morgan fingerprint density at radius 3 is 2.21 bits per heavy atom. The predicted molar refractivity (Wildman–Crippen MR) is 62.3 cm³/mol. The van der Waals surface area contributed by atoms with Gasteiger partial charge in [0, 0.05) is 13.1 Å².